The number of hydrogen-bond acceptors (Lipinski definition) is 14. The topological polar surface area (TPSA) is 226 Å². The van der Waals surface area contributed by atoms with E-state index in [9.17, 15) is 36.9 Å². The van der Waals surface area contributed by atoms with Crippen molar-refractivity contribution < 1.29 is 69.9 Å². The first kappa shape index (κ1) is 58.7. The van der Waals surface area contributed by atoms with Crippen LogP contribution in [0.25, 0.3) is 21.8 Å². The van der Waals surface area contributed by atoms with E-state index in [0.717, 1.165) is 38.5 Å². The number of benzene rings is 3. The zero-order valence-electron chi connectivity index (χ0n) is 45.7. The van der Waals surface area contributed by atoms with Crippen molar-refractivity contribution in [2.45, 2.75) is 98.4 Å². The fourth-order valence-corrected chi connectivity index (χ4v) is 13.6. The van der Waals surface area contributed by atoms with Gasteiger partial charge in [-0.05, 0) is 123 Å². The van der Waals surface area contributed by atoms with Crippen molar-refractivity contribution in [2.24, 2.45) is 34.5 Å². The number of amides is 2. The summed E-state index contributed by atoms with van der Waals surface area (Å²) in [7, 11) is -4.39. The van der Waals surface area contributed by atoms with E-state index in [1.807, 2.05) is 47.0 Å². The molecule has 78 heavy (non-hydrogen) atoms. The lowest BCUT2D eigenvalue weighted by atomic mass is 9.44. The first-order chi connectivity index (χ1) is 37.5. The Kier molecular flexibility index (Phi) is 20.1. The molecule has 4 aromatic rings. The molecular formula is C60H77N3O14S. The molecule has 8 rings (SSSR count). The fourth-order valence-electron chi connectivity index (χ4n) is 13.1. The van der Waals surface area contributed by atoms with Crippen molar-refractivity contribution in [2.75, 3.05) is 84.9 Å². The van der Waals surface area contributed by atoms with Gasteiger partial charge in [-0.2, -0.15) is 4.57 Å². The van der Waals surface area contributed by atoms with Gasteiger partial charge in [-0.3, -0.25) is 19.2 Å². The molecule has 1 heterocycles. The molecule has 6 atom stereocenters. The molecule has 0 bridgehead atoms. The minimum absolute atomic E-state index is 0.00234. The van der Waals surface area contributed by atoms with Crippen LogP contribution in [-0.4, -0.2) is 127 Å². The Balaban J connectivity index is 0.644. The number of aryl methyl sites for hydroxylation is 3. The van der Waals surface area contributed by atoms with Gasteiger partial charge in [0.15, 0.2) is 12.3 Å². The minimum atomic E-state index is -4.39. The van der Waals surface area contributed by atoms with Gasteiger partial charge in [0.25, 0.3) is 5.91 Å². The summed E-state index contributed by atoms with van der Waals surface area (Å²) >= 11 is 0. The molecule has 3 aromatic carbocycles. The van der Waals surface area contributed by atoms with Crippen LogP contribution in [0.5, 0.6) is 5.75 Å². The number of para-hydroxylation sites is 2. The molecule has 0 saturated heterocycles. The summed E-state index contributed by atoms with van der Waals surface area (Å²) in [5.74, 6) is 1.09. The Morgan fingerprint density at radius 2 is 1.27 bits per heavy atom. The summed E-state index contributed by atoms with van der Waals surface area (Å²) in [6.07, 6.45) is 9.11. The maximum atomic E-state index is 14.0. The Labute approximate surface area is 458 Å². The molecule has 422 valence electrons. The van der Waals surface area contributed by atoms with E-state index in [0.29, 0.717) is 165 Å². The van der Waals surface area contributed by atoms with Crippen molar-refractivity contribution in [3.05, 3.63) is 94.6 Å². The predicted molar refractivity (Wildman–Crippen MR) is 291 cm³/mol. The van der Waals surface area contributed by atoms with Crippen molar-refractivity contribution in [3.63, 3.8) is 0 Å². The maximum Gasteiger partial charge on any atom is 0.345 e. The van der Waals surface area contributed by atoms with Gasteiger partial charge in [0.1, 0.15) is 11.5 Å². The standard InChI is InChI=1S/C60H77N3O14S/c1-40-36-43(37-41(2)56(40)77-58(68)55-46-10-5-7-12-50(46)63(24-9-35-78(69,70)71)51-13-8-6-11-47(51)55)57(67)62-23-26-73-28-30-75-32-34-76-33-31-74-29-27-72-25-22-61-53(66)17-14-42-38-44-39-45(64)18-20-59(44,3)49-19-21-60(4)48(54(42)49)15-16-52(60)65/h5-8,10-13,36-37,39,42,48-49,54H,9,14-35,38H2,1-4H3,(H2-,61,62,66,67,69,70,71)/t42-,48?,49?,54?,59-,60-/m0/s1. The second kappa shape index (κ2) is 26.7. The van der Waals surface area contributed by atoms with Crippen LogP contribution in [0.4, 0.5) is 0 Å². The smallest absolute Gasteiger partial charge is 0.345 e. The third-order valence-corrected chi connectivity index (χ3v) is 17.8. The fraction of sp³-hybridized carbons (Fsp3) is 0.567. The van der Waals surface area contributed by atoms with Gasteiger partial charge in [-0.15, -0.1) is 0 Å². The summed E-state index contributed by atoms with van der Waals surface area (Å²) in [5.41, 5.74) is 4.36. The number of ketones is 2. The van der Waals surface area contributed by atoms with Gasteiger partial charge in [0.2, 0.25) is 16.9 Å². The second-order valence-corrected chi connectivity index (χ2v) is 23.5. The summed E-state index contributed by atoms with van der Waals surface area (Å²) in [6, 6.07) is 17.9. The van der Waals surface area contributed by atoms with E-state index in [-0.39, 0.29) is 54.5 Å². The molecule has 18 heteroatoms. The summed E-state index contributed by atoms with van der Waals surface area (Å²) in [6.45, 7) is 12.8. The van der Waals surface area contributed by atoms with E-state index < -0.39 is 21.8 Å². The van der Waals surface area contributed by atoms with E-state index in [1.54, 1.807) is 38.1 Å². The van der Waals surface area contributed by atoms with Crippen LogP contribution in [-0.2, 0) is 54.7 Å². The Hall–Kier alpha value is -5.47. The van der Waals surface area contributed by atoms with Crippen LogP contribution in [0.3, 0.4) is 0 Å². The molecule has 0 radical (unpaired) electrons. The van der Waals surface area contributed by atoms with Crippen LogP contribution in [0.1, 0.15) is 110 Å². The highest BCUT2D eigenvalue weighted by atomic mass is 32.2. The highest BCUT2D eigenvalue weighted by molar-refractivity contribution is 7.85. The molecule has 3 fully saturated rings. The molecule has 17 nitrogen and oxygen atoms in total. The number of esters is 1. The molecule has 4 aliphatic carbocycles. The van der Waals surface area contributed by atoms with E-state index in [1.165, 1.54) is 5.57 Å². The number of carbonyl (C=O) groups excluding carboxylic acids is 5. The Morgan fingerprint density at radius 1 is 0.718 bits per heavy atom. The quantitative estimate of drug-likeness (QED) is 0.0145. The lowest BCUT2D eigenvalue weighted by Crippen LogP contribution is -2.53. The van der Waals surface area contributed by atoms with Crippen LogP contribution >= 0.6 is 0 Å². The monoisotopic (exact) mass is 1100 g/mol. The molecular weight excluding hydrogens is 1020 g/mol. The van der Waals surface area contributed by atoms with Gasteiger partial charge in [-0.25, -0.2) is 13.2 Å². The minimum Gasteiger partial charge on any atom is -0.748 e. The average Bonchev–Trinajstić information content (AvgIpc) is 3.86. The zero-order valence-corrected chi connectivity index (χ0v) is 46.5. The normalized spacial score (nSPS) is 22.9. The summed E-state index contributed by atoms with van der Waals surface area (Å²) in [4.78, 5) is 65.7. The maximum absolute atomic E-state index is 14.0. The molecule has 4 aliphatic rings. The Morgan fingerprint density at radius 3 is 1.86 bits per heavy atom. The van der Waals surface area contributed by atoms with Crippen LogP contribution in [0, 0.1) is 48.3 Å². The predicted octanol–water partition coefficient (Wildman–Crippen LogP) is 7.09. The van der Waals surface area contributed by atoms with Crippen LogP contribution < -0.4 is 19.9 Å². The highest BCUT2D eigenvalue weighted by Gasteiger charge is 2.61. The summed E-state index contributed by atoms with van der Waals surface area (Å²) < 4.78 is 70.1. The highest BCUT2D eigenvalue weighted by Crippen LogP contribution is 2.66. The van der Waals surface area contributed by atoms with E-state index in [2.05, 4.69) is 24.5 Å². The first-order valence-electron chi connectivity index (χ1n) is 27.8. The number of Topliss-reactive ketones (excluding diaryl/α,β-unsaturated/α-hetero) is 1. The number of nitrogens with zero attached hydrogens (tertiary/aromatic N) is 1. The van der Waals surface area contributed by atoms with Crippen LogP contribution in [0.15, 0.2) is 72.3 Å². The average molecular weight is 1100 g/mol. The number of carbonyl (C=O) groups is 5. The summed E-state index contributed by atoms with van der Waals surface area (Å²) in [5, 5.41) is 7.09. The largest absolute Gasteiger partial charge is 0.748 e. The number of pyridine rings is 1. The first-order valence-corrected chi connectivity index (χ1v) is 29.4. The lowest BCUT2D eigenvalue weighted by Gasteiger charge is -2.59. The van der Waals surface area contributed by atoms with Gasteiger partial charge < -0.3 is 43.6 Å². The van der Waals surface area contributed by atoms with Gasteiger partial charge >= 0.3 is 5.97 Å². The zero-order chi connectivity index (χ0) is 55.5. The third-order valence-electron chi connectivity index (χ3n) is 17.0. The molecule has 1 aromatic heterocycles. The molecule has 0 spiro atoms. The molecule has 3 saturated carbocycles. The lowest BCUT2D eigenvalue weighted by molar-refractivity contribution is -0.645. The number of hydrogen-bond donors (Lipinski definition) is 2. The van der Waals surface area contributed by atoms with Gasteiger partial charge in [-0.1, -0.05) is 43.7 Å². The molecule has 0 aliphatic heterocycles. The molecule has 2 N–H and O–H groups in total. The van der Waals surface area contributed by atoms with Crippen LogP contribution in [0.2, 0.25) is 0 Å². The number of ether oxygens (including phenoxy) is 6. The number of nitrogens with one attached hydrogen (secondary N) is 2. The van der Waals surface area contributed by atoms with Crippen molar-refractivity contribution >= 4 is 61.3 Å². The van der Waals surface area contributed by atoms with E-state index in [4.69, 9.17) is 28.4 Å². The SMILES string of the molecule is Cc1cc(C(=O)NCCOCCOCCOCCOCCOCCNC(=O)CC[C@H]2CC3=CC(=O)CC[C@]3(C)C3CC[C@]4(C)C(=O)CCC4C32)cc(C)c1OC(=O)c1c2ccccc2[n+](CCCS(=O)(=O)[O-])c2ccccc12. The van der Waals surface area contributed by atoms with Gasteiger partial charge in [0.05, 0.1) is 92.5 Å². The van der Waals surface area contributed by atoms with E-state index >= 15 is 0 Å². The van der Waals surface area contributed by atoms with Crippen molar-refractivity contribution in [1.82, 2.24) is 10.6 Å². The van der Waals surface area contributed by atoms with Gasteiger partial charge in [0, 0.05) is 67.6 Å². The number of allylic oxidation sites excluding steroid dienone is 1. The Bertz CT molecular complexity index is 2900. The number of fused-ring (bicyclic) bond motifs is 7. The molecule has 3 unspecified atom stereocenters. The van der Waals surface area contributed by atoms with Crippen molar-refractivity contribution in [3.8, 4) is 5.75 Å². The third kappa shape index (κ3) is 14.1. The molecule has 2 amide bonds. The number of aromatic nitrogens is 1. The number of rotatable bonds is 28. The second-order valence-electron chi connectivity index (χ2n) is 21.9. The van der Waals surface area contributed by atoms with Crippen molar-refractivity contribution in [1.29, 1.82) is 0 Å².